The van der Waals surface area contributed by atoms with Crippen LogP contribution in [0.15, 0.2) is 35.8 Å². The second-order valence-electron chi connectivity index (χ2n) is 11.8. The number of benzene rings is 1. The molecule has 3 aliphatic carbocycles. The Morgan fingerprint density at radius 1 is 1.16 bits per heavy atom. The summed E-state index contributed by atoms with van der Waals surface area (Å²) in [5.41, 5.74) is -3.40. The average Bonchev–Trinajstić information content (AvgIpc) is 3.49. The highest BCUT2D eigenvalue weighted by Crippen LogP contribution is 2.76. The Morgan fingerprint density at radius 2 is 1.84 bits per heavy atom. The minimum absolute atomic E-state index is 0.244. The van der Waals surface area contributed by atoms with E-state index in [0.29, 0.717) is 12.1 Å². The van der Waals surface area contributed by atoms with Crippen molar-refractivity contribution in [3.8, 4) is 0 Å². The van der Waals surface area contributed by atoms with Crippen molar-refractivity contribution in [2.45, 2.75) is 80.8 Å². The molecule has 0 unspecified atom stereocenters. The van der Waals surface area contributed by atoms with Gasteiger partial charge in [-0.1, -0.05) is 58.4 Å². The van der Waals surface area contributed by atoms with Crippen molar-refractivity contribution in [3.05, 3.63) is 47.3 Å². The van der Waals surface area contributed by atoms with Gasteiger partial charge in [0.2, 0.25) is 0 Å². The minimum atomic E-state index is -1.69. The lowest BCUT2D eigenvalue weighted by Gasteiger charge is -2.76. The zero-order chi connectivity index (χ0) is 23.3. The molecule has 0 bridgehead atoms. The van der Waals surface area contributed by atoms with Crippen molar-refractivity contribution in [2.24, 2.45) is 21.7 Å². The fourth-order valence-electron chi connectivity index (χ4n) is 8.38. The Hall–Kier alpha value is -1.24. The summed E-state index contributed by atoms with van der Waals surface area (Å²) in [5.74, 6) is -0.371. The highest BCUT2D eigenvalue weighted by molar-refractivity contribution is 6.21. The lowest BCUT2D eigenvalue weighted by molar-refractivity contribution is -0.245. The van der Waals surface area contributed by atoms with Gasteiger partial charge in [-0.15, -0.1) is 18.2 Å². The van der Waals surface area contributed by atoms with E-state index in [9.17, 15) is 10.2 Å². The number of likely N-dealkylation sites (N-methyl/N-ethyl adjacent to an activating group) is 1. The third-order valence-corrected chi connectivity index (χ3v) is 10.7. The minimum Gasteiger partial charge on any atom is -0.654 e. The van der Waals surface area contributed by atoms with E-state index >= 15 is 0 Å². The highest BCUT2D eigenvalue weighted by Gasteiger charge is 2.85. The van der Waals surface area contributed by atoms with Gasteiger partial charge in [-0.2, -0.15) is 7.05 Å². The van der Waals surface area contributed by atoms with Crippen LogP contribution in [-0.2, 0) is 15.8 Å². The van der Waals surface area contributed by atoms with E-state index in [0.717, 1.165) is 16.8 Å². The fraction of sp³-hybridized carbons (Fsp3) is 0.654. The van der Waals surface area contributed by atoms with Gasteiger partial charge in [0.1, 0.15) is 0 Å². The van der Waals surface area contributed by atoms with Crippen LogP contribution in [0.2, 0.25) is 0 Å². The van der Waals surface area contributed by atoms with Crippen molar-refractivity contribution < 1.29 is 14.9 Å². The number of hydrogen-bond acceptors (Lipinski definition) is 4. The van der Waals surface area contributed by atoms with Gasteiger partial charge in [-0.25, -0.2) is 0 Å². The van der Waals surface area contributed by atoms with Gasteiger partial charge >= 0.3 is 0 Å². The fourth-order valence-corrected chi connectivity index (χ4v) is 8.81. The molecule has 6 heteroatoms. The van der Waals surface area contributed by atoms with Gasteiger partial charge in [0.05, 0.1) is 29.2 Å². The standard InChI is InChI=1S/C26H32ClN2O3/c1-8-23(6)16(27)12-15-21(2,3)13-10-9-11-14-17(13)24(30)20(29-14)22(4,5)18-19(32-18)25(23,28-7)26(15,24)31/h8-11,15-16,18-19,30-31H,1,12H2,2-7H3/q-1/t15-,16-,18-,19+,23+,24-,25+,26-/m1/s1. The number of halogens is 1. The summed E-state index contributed by atoms with van der Waals surface area (Å²) in [6, 6.07) is 6.00. The molecule has 1 saturated heterocycles. The summed E-state index contributed by atoms with van der Waals surface area (Å²) < 4.78 is 6.38. The molecule has 2 saturated carbocycles. The third kappa shape index (κ3) is 1.71. The zero-order valence-electron chi connectivity index (χ0n) is 19.6. The lowest BCUT2D eigenvalue weighted by atomic mass is 9.39. The van der Waals surface area contributed by atoms with Crippen LogP contribution in [0.25, 0.3) is 5.32 Å². The number of fused-ring (bicyclic) bond motifs is 2. The van der Waals surface area contributed by atoms with Gasteiger partial charge in [0.25, 0.3) is 0 Å². The zero-order valence-corrected chi connectivity index (χ0v) is 20.4. The number of aliphatic imine (C=N–C) groups is 1. The Bertz CT molecular complexity index is 1110. The van der Waals surface area contributed by atoms with Crippen molar-refractivity contribution in [2.75, 3.05) is 7.05 Å². The number of epoxide rings is 1. The monoisotopic (exact) mass is 455 g/mol. The first-order chi connectivity index (χ1) is 14.8. The first-order valence-electron chi connectivity index (χ1n) is 11.5. The summed E-state index contributed by atoms with van der Waals surface area (Å²) in [5, 5.41) is 30.8. The SMILES string of the molecule is C=C[C@@]1(C)[C@H](Cl)C[C@@H]2C(C)(C)c3cccc4c3[C@@]3(O)C(=N4)C(C)(C)[C@@H]4O[C@@H]4[C@@]1([N-]C)[C@@]23O. The molecule has 2 heterocycles. The smallest absolute Gasteiger partial charge is 0.158 e. The van der Waals surface area contributed by atoms with Gasteiger partial charge in [-0.05, 0) is 28.9 Å². The quantitative estimate of drug-likeness (QED) is 0.395. The average molecular weight is 456 g/mol. The Labute approximate surface area is 194 Å². The summed E-state index contributed by atoms with van der Waals surface area (Å²) in [4.78, 5) is 5.01. The van der Waals surface area contributed by atoms with Gasteiger partial charge in [0.15, 0.2) is 5.60 Å². The molecule has 5 aliphatic rings. The predicted octanol–water partition coefficient (Wildman–Crippen LogP) is 4.35. The van der Waals surface area contributed by atoms with Crippen molar-refractivity contribution >= 4 is 23.0 Å². The molecule has 0 spiro atoms. The molecule has 8 atom stereocenters. The Balaban J connectivity index is 1.84. The molecular formula is C26H32ClN2O3-. The van der Waals surface area contributed by atoms with E-state index in [2.05, 4.69) is 40.3 Å². The molecular weight excluding hydrogens is 424 g/mol. The molecule has 2 aliphatic heterocycles. The van der Waals surface area contributed by atoms with Crippen LogP contribution in [-0.4, -0.2) is 51.7 Å². The van der Waals surface area contributed by atoms with Crippen LogP contribution in [0.3, 0.4) is 0 Å². The largest absolute Gasteiger partial charge is 0.654 e. The summed E-state index contributed by atoms with van der Waals surface area (Å²) in [6.07, 6.45) is 1.70. The number of nitrogens with zero attached hydrogens (tertiary/aromatic N) is 2. The normalized spacial score (nSPS) is 50.6. The van der Waals surface area contributed by atoms with E-state index in [4.69, 9.17) is 26.6 Å². The van der Waals surface area contributed by atoms with Crippen LogP contribution in [0.4, 0.5) is 5.69 Å². The second kappa shape index (κ2) is 5.52. The van der Waals surface area contributed by atoms with Crippen LogP contribution >= 0.6 is 11.6 Å². The summed E-state index contributed by atoms with van der Waals surface area (Å²) >= 11 is 7.17. The number of hydrogen-bond donors (Lipinski definition) is 2. The maximum atomic E-state index is 13.2. The lowest BCUT2D eigenvalue weighted by Crippen LogP contribution is -2.83. The molecule has 1 aromatic rings. The van der Waals surface area contributed by atoms with E-state index in [-0.39, 0.29) is 17.4 Å². The molecule has 0 amide bonds. The third-order valence-electron chi connectivity index (χ3n) is 10.1. The van der Waals surface area contributed by atoms with Crippen LogP contribution < -0.4 is 0 Å². The highest BCUT2D eigenvalue weighted by atomic mass is 35.5. The Morgan fingerprint density at radius 3 is 2.47 bits per heavy atom. The molecule has 3 fully saturated rings. The molecule has 0 aromatic heterocycles. The van der Waals surface area contributed by atoms with E-state index < -0.39 is 39.1 Å². The van der Waals surface area contributed by atoms with Crippen LogP contribution in [0.5, 0.6) is 0 Å². The number of rotatable bonds is 2. The summed E-state index contributed by atoms with van der Waals surface area (Å²) in [6.45, 7) is 14.6. The molecule has 0 radical (unpaired) electrons. The number of alkyl halides is 1. The van der Waals surface area contributed by atoms with E-state index in [1.807, 2.05) is 25.1 Å². The van der Waals surface area contributed by atoms with Gasteiger partial charge < -0.3 is 20.3 Å². The maximum Gasteiger partial charge on any atom is 0.158 e. The molecule has 6 rings (SSSR count). The topological polar surface area (TPSA) is 79.5 Å². The van der Waals surface area contributed by atoms with Crippen molar-refractivity contribution in [1.82, 2.24) is 0 Å². The molecule has 1 aromatic carbocycles. The Kier molecular flexibility index (Phi) is 3.68. The van der Waals surface area contributed by atoms with Crippen molar-refractivity contribution in [1.29, 1.82) is 0 Å². The number of ether oxygens (including phenoxy) is 1. The maximum absolute atomic E-state index is 13.2. The second-order valence-corrected chi connectivity index (χ2v) is 12.3. The van der Waals surface area contributed by atoms with Crippen molar-refractivity contribution in [3.63, 3.8) is 0 Å². The molecule has 172 valence electrons. The predicted molar refractivity (Wildman–Crippen MR) is 126 cm³/mol. The van der Waals surface area contributed by atoms with Crippen LogP contribution in [0, 0.1) is 16.7 Å². The van der Waals surface area contributed by atoms with Gasteiger partial charge in [0, 0.05) is 22.3 Å². The molecule has 32 heavy (non-hydrogen) atoms. The van der Waals surface area contributed by atoms with E-state index in [1.54, 1.807) is 7.05 Å². The first-order valence-corrected chi connectivity index (χ1v) is 12.0. The van der Waals surface area contributed by atoms with Crippen LogP contribution in [0.1, 0.15) is 52.2 Å². The first kappa shape index (κ1) is 21.3. The van der Waals surface area contributed by atoms with Gasteiger partial charge in [-0.3, -0.25) is 4.99 Å². The van der Waals surface area contributed by atoms with E-state index in [1.165, 1.54) is 0 Å². The number of aliphatic hydroxyl groups is 2. The summed E-state index contributed by atoms with van der Waals surface area (Å²) in [7, 11) is 1.73. The molecule has 2 N–H and O–H groups in total. The molecule has 5 nitrogen and oxygen atoms in total.